The van der Waals surface area contributed by atoms with Gasteiger partial charge in [-0.2, -0.15) is 5.10 Å². The van der Waals surface area contributed by atoms with Gasteiger partial charge < -0.3 is 10.3 Å². The zero-order valence-electron chi connectivity index (χ0n) is 11.6. The van der Waals surface area contributed by atoms with E-state index in [1.807, 2.05) is 54.7 Å². The van der Waals surface area contributed by atoms with Crippen LogP contribution in [0.15, 0.2) is 64.9 Å². The van der Waals surface area contributed by atoms with E-state index >= 15 is 0 Å². The molecule has 1 aliphatic heterocycles. The molecule has 2 N–H and O–H groups in total. The smallest absolute Gasteiger partial charge is 0.276 e. The molecule has 0 spiro atoms. The fourth-order valence-corrected chi connectivity index (χ4v) is 2.55. The molecule has 22 heavy (non-hydrogen) atoms. The van der Waals surface area contributed by atoms with Crippen LogP contribution in [-0.2, 0) is 4.79 Å². The molecule has 0 saturated heterocycles. The molecule has 0 saturated carbocycles. The number of nitrogens with zero attached hydrogens (tertiary/aromatic N) is 2. The molecule has 0 radical (unpaired) electrons. The third-order valence-corrected chi connectivity index (χ3v) is 3.62. The van der Waals surface area contributed by atoms with Gasteiger partial charge in [-0.1, -0.05) is 36.4 Å². The largest absolute Gasteiger partial charge is 0.361 e. The van der Waals surface area contributed by atoms with Gasteiger partial charge in [0, 0.05) is 28.2 Å². The molecular formula is C17H12N4O. The fraction of sp³-hybridized carbons (Fsp3) is 0. The lowest BCUT2D eigenvalue weighted by atomic mass is 10.1. The van der Waals surface area contributed by atoms with Crippen molar-refractivity contribution in [2.45, 2.75) is 0 Å². The van der Waals surface area contributed by atoms with Gasteiger partial charge in [0.25, 0.3) is 5.91 Å². The Labute approximate surface area is 126 Å². The van der Waals surface area contributed by atoms with E-state index in [0.717, 1.165) is 27.7 Å². The Bertz CT molecular complexity index is 936. The van der Waals surface area contributed by atoms with Gasteiger partial charge in [0.2, 0.25) is 0 Å². The molecule has 2 aromatic carbocycles. The van der Waals surface area contributed by atoms with Crippen LogP contribution in [0.2, 0.25) is 0 Å². The van der Waals surface area contributed by atoms with Crippen LogP contribution in [0.25, 0.3) is 10.9 Å². The van der Waals surface area contributed by atoms with Gasteiger partial charge in [-0.3, -0.25) is 4.79 Å². The Hall–Kier alpha value is -3.21. The topological polar surface area (TPSA) is 69.6 Å². The summed E-state index contributed by atoms with van der Waals surface area (Å²) in [5, 5.41) is 12.0. The molecule has 4 rings (SSSR count). The summed E-state index contributed by atoms with van der Waals surface area (Å²) in [4.78, 5) is 15.1. The monoisotopic (exact) mass is 288 g/mol. The molecule has 5 nitrogen and oxygen atoms in total. The van der Waals surface area contributed by atoms with E-state index in [9.17, 15) is 4.79 Å². The second-order valence-electron chi connectivity index (χ2n) is 4.98. The summed E-state index contributed by atoms with van der Waals surface area (Å²) in [5.74, 6) is -0.225. The van der Waals surface area contributed by atoms with Crippen LogP contribution in [0, 0.1) is 0 Å². The number of benzene rings is 2. The van der Waals surface area contributed by atoms with E-state index in [1.54, 1.807) is 6.21 Å². The highest BCUT2D eigenvalue weighted by Gasteiger charge is 2.25. The van der Waals surface area contributed by atoms with Gasteiger partial charge in [0.05, 0.1) is 11.9 Å². The molecule has 0 aliphatic carbocycles. The number of rotatable bonds is 2. The van der Waals surface area contributed by atoms with Crippen LogP contribution in [0.3, 0.4) is 0 Å². The van der Waals surface area contributed by atoms with Crippen LogP contribution in [0.1, 0.15) is 11.1 Å². The van der Waals surface area contributed by atoms with Gasteiger partial charge >= 0.3 is 0 Å². The third kappa shape index (κ3) is 2.00. The second kappa shape index (κ2) is 4.96. The zero-order valence-corrected chi connectivity index (χ0v) is 11.6. The maximum absolute atomic E-state index is 11.9. The van der Waals surface area contributed by atoms with Gasteiger partial charge in [-0.15, -0.1) is 5.10 Å². The number of hydrogen-bond donors (Lipinski definition) is 2. The summed E-state index contributed by atoms with van der Waals surface area (Å²) in [7, 11) is 0. The Morgan fingerprint density at radius 2 is 1.82 bits per heavy atom. The van der Waals surface area contributed by atoms with Gasteiger partial charge in [0.15, 0.2) is 5.71 Å². The van der Waals surface area contributed by atoms with E-state index in [2.05, 4.69) is 20.5 Å². The first kappa shape index (κ1) is 12.5. The minimum absolute atomic E-state index is 0.225. The number of carbonyl (C=O) groups is 1. The fourth-order valence-electron chi connectivity index (χ4n) is 2.55. The lowest BCUT2D eigenvalue weighted by Crippen LogP contribution is -2.13. The van der Waals surface area contributed by atoms with E-state index in [0.29, 0.717) is 5.71 Å². The Kier molecular flexibility index (Phi) is 2.83. The summed E-state index contributed by atoms with van der Waals surface area (Å²) >= 11 is 0. The highest BCUT2D eigenvalue weighted by Crippen LogP contribution is 2.22. The maximum atomic E-state index is 11.9. The van der Waals surface area contributed by atoms with Crippen molar-refractivity contribution in [3.05, 3.63) is 65.9 Å². The summed E-state index contributed by atoms with van der Waals surface area (Å²) in [6, 6.07) is 15.4. The number of para-hydroxylation sites is 2. The summed E-state index contributed by atoms with van der Waals surface area (Å²) in [6.07, 6.45) is 3.52. The van der Waals surface area contributed by atoms with E-state index in [4.69, 9.17) is 0 Å². The van der Waals surface area contributed by atoms with Crippen LogP contribution in [0.5, 0.6) is 0 Å². The van der Waals surface area contributed by atoms with Crippen molar-refractivity contribution in [2.24, 2.45) is 10.2 Å². The maximum Gasteiger partial charge on any atom is 0.276 e. The summed E-state index contributed by atoms with van der Waals surface area (Å²) < 4.78 is 0. The predicted molar refractivity (Wildman–Crippen MR) is 87.5 cm³/mol. The number of amides is 1. The summed E-state index contributed by atoms with van der Waals surface area (Å²) in [5.41, 5.74) is 3.87. The molecule has 106 valence electrons. The van der Waals surface area contributed by atoms with Gasteiger partial charge in [-0.05, 0) is 12.1 Å². The molecule has 1 aliphatic rings. The van der Waals surface area contributed by atoms with E-state index < -0.39 is 0 Å². The molecule has 3 aromatic rings. The van der Waals surface area contributed by atoms with Crippen molar-refractivity contribution in [3.8, 4) is 0 Å². The molecule has 1 amide bonds. The lowest BCUT2D eigenvalue weighted by Gasteiger charge is -1.93. The predicted octanol–water partition coefficient (Wildman–Crippen LogP) is 2.94. The highest BCUT2D eigenvalue weighted by atomic mass is 16.2. The number of aromatic nitrogens is 1. The first-order valence-corrected chi connectivity index (χ1v) is 6.91. The number of anilines is 1. The highest BCUT2D eigenvalue weighted by molar-refractivity contribution is 6.53. The van der Waals surface area contributed by atoms with Crippen LogP contribution >= 0.6 is 0 Å². The molecule has 0 unspecified atom stereocenters. The quantitative estimate of drug-likeness (QED) is 0.552. The Morgan fingerprint density at radius 1 is 1.00 bits per heavy atom. The lowest BCUT2D eigenvalue weighted by molar-refractivity contribution is -0.110. The molecule has 1 aromatic heterocycles. The van der Waals surface area contributed by atoms with Crippen molar-refractivity contribution in [1.82, 2.24) is 4.98 Å². The molecule has 0 atom stereocenters. The zero-order chi connectivity index (χ0) is 14.9. The standard InChI is InChI=1S/C17H12N4O/c22-17-16(13-6-2-4-8-15(13)20-17)21-19-10-11-9-18-14-7-3-1-5-12(11)14/h1-10,18H,(H,20,21,22)/b19-10+. The number of nitrogens with one attached hydrogen (secondary N) is 2. The van der Waals surface area contributed by atoms with Crippen molar-refractivity contribution in [1.29, 1.82) is 0 Å². The minimum Gasteiger partial charge on any atom is -0.361 e. The number of fused-ring (bicyclic) bond motifs is 2. The SMILES string of the molecule is O=C1Nc2ccccc2/C1=N/N=C/c1c[nH]c2ccccc12. The molecular weight excluding hydrogens is 276 g/mol. The average molecular weight is 288 g/mol. The average Bonchev–Trinajstić information content (AvgIpc) is 3.09. The second-order valence-corrected chi connectivity index (χ2v) is 4.98. The van der Waals surface area contributed by atoms with Crippen molar-refractivity contribution in [2.75, 3.05) is 5.32 Å². The number of hydrogen-bond acceptors (Lipinski definition) is 3. The van der Waals surface area contributed by atoms with Crippen molar-refractivity contribution < 1.29 is 4.79 Å². The number of H-pyrrole nitrogens is 1. The molecule has 5 heteroatoms. The number of carbonyl (C=O) groups excluding carboxylic acids is 1. The Morgan fingerprint density at radius 3 is 2.77 bits per heavy atom. The van der Waals surface area contributed by atoms with E-state index in [1.165, 1.54) is 0 Å². The molecule has 0 bridgehead atoms. The normalized spacial score (nSPS) is 15.6. The third-order valence-electron chi connectivity index (χ3n) is 3.62. The first-order chi connectivity index (χ1) is 10.8. The molecule has 2 heterocycles. The van der Waals surface area contributed by atoms with Crippen LogP contribution in [-0.4, -0.2) is 22.8 Å². The summed E-state index contributed by atoms with van der Waals surface area (Å²) in [6.45, 7) is 0. The number of aromatic amines is 1. The van der Waals surface area contributed by atoms with Gasteiger partial charge in [0.1, 0.15) is 0 Å². The minimum atomic E-state index is -0.225. The van der Waals surface area contributed by atoms with Crippen molar-refractivity contribution in [3.63, 3.8) is 0 Å². The first-order valence-electron chi connectivity index (χ1n) is 6.91. The molecule has 0 fully saturated rings. The van der Waals surface area contributed by atoms with Crippen LogP contribution < -0.4 is 5.32 Å². The van der Waals surface area contributed by atoms with Crippen LogP contribution in [0.4, 0.5) is 5.69 Å². The van der Waals surface area contributed by atoms with Crippen molar-refractivity contribution >= 4 is 34.4 Å². The van der Waals surface area contributed by atoms with E-state index in [-0.39, 0.29) is 5.91 Å². The van der Waals surface area contributed by atoms with Gasteiger partial charge in [-0.25, -0.2) is 0 Å². The Balaban J connectivity index is 1.68.